The molecule has 1 amide bonds. The molecule has 1 N–H and O–H groups in total. The van der Waals surface area contributed by atoms with Crippen LogP contribution in [0.15, 0.2) is 34.1 Å². The summed E-state index contributed by atoms with van der Waals surface area (Å²) in [5.74, 6) is -0.602. The Morgan fingerprint density at radius 3 is 2.78 bits per heavy atom. The molecular formula is C17H23NO5. The normalized spacial score (nSPS) is 18.3. The van der Waals surface area contributed by atoms with Crippen molar-refractivity contribution in [3.05, 3.63) is 35.5 Å². The molecule has 1 unspecified atom stereocenters. The van der Waals surface area contributed by atoms with E-state index in [1.165, 1.54) is 11.2 Å². The summed E-state index contributed by atoms with van der Waals surface area (Å²) in [4.78, 5) is 26.4. The predicted molar refractivity (Wildman–Crippen MR) is 83.8 cm³/mol. The van der Waals surface area contributed by atoms with Crippen LogP contribution in [0.2, 0.25) is 0 Å². The van der Waals surface area contributed by atoms with E-state index < -0.39 is 17.7 Å². The van der Waals surface area contributed by atoms with Gasteiger partial charge < -0.3 is 19.2 Å². The molecule has 0 radical (unpaired) electrons. The standard InChI is InChI=1S/C17H23NO5/c1-11(2)10-12(19)14-15(13-6-4-9-23-13)18(7-5-8-22-3)17(21)16(14)20/h4,6,9,11,15,20H,5,7-8,10H2,1-3H3. The number of carbonyl (C=O) groups is 2. The molecule has 23 heavy (non-hydrogen) atoms. The highest BCUT2D eigenvalue weighted by molar-refractivity contribution is 6.08. The van der Waals surface area contributed by atoms with E-state index in [1.807, 2.05) is 13.8 Å². The van der Waals surface area contributed by atoms with Crippen LogP contribution in [0.3, 0.4) is 0 Å². The largest absolute Gasteiger partial charge is 0.503 e. The zero-order valence-corrected chi connectivity index (χ0v) is 13.7. The van der Waals surface area contributed by atoms with Crippen molar-refractivity contribution in [1.29, 1.82) is 0 Å². The van der Waals surface area contributed by atoms with Crippen LogP contribution in [0.1, 0.15) is 38.5 Å². The van der Waals surface area contributed by atoms with Crippen molar-refractivity contribution in [3.63, 3.8) is 0 Å². The highest BCUT2D eigenvalue weighted by Crippen LogP contribution is 2.38. The topological polar surface area (TPSA) is 80.0 Å². The highest BCUT2D eigenvalue weighted by Gasteiger charge is 2.44. The molecule has 6 nitrogen and oxygen atoms in total. The van der Waals surface area contributed by atoms with Gasteiger partial charge in [-0.05, 0) is 24.5 Å². The van der Waals surface area contributed by atoms with Gasteiger partial charge in [0.25, 0.3) is 5.91 Å². The number of aliphatic hydroxyl groups excluding tert-OH is 1. The number of furan rings is 1. The van der Waals surface area contributed by atoms with Gasteiger partial charge >= 0.3 is 0 Å². The second kappa shape index (κ2) is 7.46. The van der Waals surface area contributed by atoms with E-state index in [1.54, 1.807) is 19.2 Å². The van der Waals surface area contributed by atoms with Gasteiger partial charge in [0, 0.05) is 26.7 Å². The molecule has 1 atom stereocenters. The fourth-order valence-electron chi connectivity index (χ4n) is 2.77. The van der Waals surface area contributed by atoms with Crippen molar-refractivity contribution < 1.29 is 23.8 Å². The lowest BCUT2D eigenvalue weighted by atomic mass is 9.95. The Labute approximate surface area is 135 Å². The highest BCUT2D eigenvalue weighted by atomic mass is 16.5. The van der Waals surface area contributed by atoms with Crippen LogP contribution < -0.4 is 0 Å². The lowest BCUT2D eigenvalue weighted by molar-refractivity contribution is -0.129. The molecule has 1 aromatic rings. The number of ether oxygens (including phenoxy) is 1. The summed E-state index contributed by atoms with van der Waals surface area (Å²) in [6.07, 6.45) is 2.38. The summed E-state index contributed by atoms with van der Waals surface area (Å²) in [6.45, 7) is 4.71. The van der Waals surface area contributed by atoms with E-state index in [-0.39, 0.29) is 23.7 Å². The first-order valence-electron chi connectivity index (χ1n) is 7.77. The third kappa shape index (κ3) is 3.64. The first kappa shape index (κ1) is 17.3. The number of hydrogen-bond donors (Lipinski definition) is 1. The minimum atomic E-state index is -0.666. The molecule has 1 aliphatic heterocycles. The Balaban J connectivity index is 2.33. The number of ketones is 1. The van der Waals surface area contributed by atoms with Crippen molar-refractivity contribution in [3.8, 4) is 0 Å². The summed E-state index contributed by atoms with van der Waals surface area (Å²) in [5, 5.41) is 10.2. The second-order valence-electron chi connectivity index (χ2n) is 6.05. The summed E-state index contributed by atoms with van der Waals surface area (Å²) in [7, 11) is 1.59. The van der Waals surface area contributed by atoms with Gasteiger partial charge in [0.15, 0.2) is 11.5 Å². The summed E-state index contributed by atoms with van der Waals surface area (Å²) >= 11 is 0. The lowest BCUT2D eigenvalue weighted by Crippen LogP contribution is -2.32. The number of hydrogen-bond acceptors (Lipinski definition) is 5. The minimum Gasteiger partial charge on any atom is -0.503 e. The van der Waals surface area contributed by atoms with Gasteiger partial charge in [-0.25, -0.2) is 0 Å². The number of rotatable bonds is 8. The number of nitrogens with zero attached hydrogens (tertiary/aromatic N) is 1. The molecule has 1 aromatic heterocycles. The number of amides is 1. The summed E-state index contributed by atoms with van der Waals surface area (Å²) in [6, 6.07) is 2.75. The van der Waals surface area contributed by atoms with Gasteiger partial charge in [0.1, 0.15) is 11.8 Å². The summed E-state index contributed by atoms with van der Waals surface area (Å²) < 4.78 is 10.4. The van der Waals surface area contributed by atoms with Gasteiger partial charge in [0.2, 0.25) is 0 Å². The van der Waals surface area contributed by atoms with E-state index in [0.717, 1.165) is 0 Å². The Hall–Kier alpha value is -2.08. The van der Waals surface area contributed by atoms with Crippen LogP contribution in [-0.4, -0.2) is 42.0 Å². The molecule has 1 aliphatic rings. The van der Waals surface area contributed by atoms with E-state index >= 15 is 0 Å². The van der Waals surface area contributed by atoms with Gasteiger partial charge in [0.05, 0.1) is 11.8 Å². The molecule has 0 saturated heterocycles. The van der Waals surface area contributed by atoms with Crippen LogP contribution >= 0.6 is 0 Å². The molecule has 6 heteroatoms. The molecule has 126 valence electrons. The van der Waals surface area contributed by atoms with Crippen LogP contribution in [0, 0.1) is 5.92 Å². The quantitative estimate of drug-likeness (QED) is 0.745. The third-order valence-electron chi connectivity index (χ3n) is 3.76. The number of methoxy groups -OCH3 is 1. The molecule has 0 aliphatic carbocycles. The zero-order valence-electron chi connectivity index (χ0n) is 13.7. The maximum Gasteiger partial charge on any atom is 0.290 e. The average Bonchev–Trinajstić information content (AvgIpc) is 3.08. The van der Waals surface area contributed by atoms with E-state index in [0.29, 0.717) is 25.3 Å². The van der Waals surface area contributed by atoms with Gasteiger partial charge in [-0.1, -0.05) is 13.8 Å². The van der Waals surface area contributed by atoms with Gasteiger partial charge in [-0.15, -0.1) is 0 Å². The van der Waals surface area contributed by atoms with Crippen molar-refractivity contribution in [1.82, 2.24) is 4.90 Å². The Kier molecular flexibility index (Phi) is 5.60. The lowest BCUT2D eigenvalue weighted by Gasteiger charge is -2.24. The fraction of sp³-hybridized carbons (Fsp3) is 0.529. The van der Waals surface area contributed by atoms with Crippen LogP contribution in [0.5, 0.6) is 0 Å². The number of Topliss-reactive ketones (excluding diaryl/α,β-unsaturated/α-hetero) is 1. The molecular weight excluding hydrogens is 298 g/mol. The molecule has 2 heterocycles. The summed E-state index contributed by atoms with van der Waals surface area (Å²) in [5.41, 5.74) is 0.135. The first-order valence-corrected chi connectivity index (χ1v) is 7.77. The smallest absolute Gasteiger partial charge is 0.290 e. The Morgan fingerprint density at radius 2 is 2.22 bits per heavy atom. The van der Waals surface area contributed by atoms with E-state index in [9.17, 15) is 14.7 Å². The zero-order chi connectivity index (χ0) is 17.0. The van der Waals surface area contributed by atoms with Crippen LogP contribution in [0.25, 0.3) is 0 Å². The van der Waals surface area contributed by atoms with E-state index in [2.05, 4.69) is 0 Å². The minimum absolute atomic E-state index is 0.135. The molecule has 2 rings (SSSR count). The third-order valence-corrected chi connectivity index (χ3v) is 3.76. The van der Waals surface area contributed by atoms with Crippen molar-refractivity contribution >= 4 is 11.7 Å². The monoisotopic (exact) mass is 321 g/mol. The van der Waals surface area contributed by atoms with Crippen molar-refractivity contribution in [2.75, 3.05) is 20.3 Å². The Bertz CT molecular complexity index is 588. The average molecular weight is 321 g/mol. The maximum absolute atomic E-state index is 12.5. The molecule has 0 fully saturated rings. The van der Waals surface area contributed by atoms with E-state index in [4.69, 9.17) is 9.15 Å². The molecule has 0 bridgehead atoms. The van der Waals surface area contributed by atoms with Crippen LogP contribution in [-0.2, 0) is 14.3 Å². The van der Waals surface area contributed by atoms with Crippen LogP contribution in [0.4, 0.5) is 0 Å². The molecule has 0 aromatic carbocycles. The van der Waals surface area contributed by atoms with Crippen molar-refractivity contribution in [2.45, 2.75) is 32.7 Å². The predicted octanol–water partition coefficient (Wildman–Crippen LogP) is 2.63. The van der Waals surface area contributed by atoms with Gasteiger partial charge in [-0.2, -0.15) is 0 Å². The van der Waals surface area contributed by atoms with Gasteiger partial charge in [-0.3, -0.25) is 9.59 Å². The molecule has 0 saturated carbocycles. The SMILES string of the molecule is COCCCN1C(=O)C(O)=C(C(=O)CC(C)C)C1c1ccco1. The number of carbonyl (C=O) groups excluding carboxylic acids is 2. The molecule has 0 spiro atoms. The first-order chi connectivity index (χ1) is 11.0. The second-order valence-corrected chi connectivity index (χ2v) is 6.05. The fourth-order valence-corrected chi connectivity index (χ4v) is 2.77. The number of aliphatic hydroxyl groups is 1. The van der Waals surface area contributed by atoms with Crippen molar-refractivity contribution in [2.24, 2.45) is 5.92 Å². The maximum atomic E-state index is 12.5. The Morgan fingerprint density at radius 1 is 1.48 bits per heavy atom.